The highest BCUT2D eigenvalue weighted by atomic mass is 19.3. The number of urea groups is 1. The van der Waals surface area contributed by atoms with Crippen molar-refractivity contribution in [2.24, 2.45) is 10.8 Å². The molecule has 0 bridgehead atoms. The van der Waals surface area contributed by atoms with Crippen molar-refractivity contribution in [3.63, 3.8) is 0 Å². The molecule has 3 N–H and O–H groups in total. The average Bonchev–Trinajstić information content (AvgIpc) is 2.22. The summed E-state index contributed by atoms with van der Waals surface area (Å²) in [6.45, 7) is 0.422. The summed E-state index contributed by atoms with van der Waals surface area (Å²) in [5, 5.41) is 3.58. The maximum atomic E-state index is 12.2. The summed E-state index contributed by atoms with van der Waals surface area (Å²) in [6, 6.07) is 2.44. The third-order valence-electron chi connectivity index (χ3n) is 2.08. The van der Waals surface area contributed by atoms with E-state index < -0.39 is 12.6 Å². The summed E-state index contributed by atoms with van der Waals surface area (Å²) in [5.41, 5.74) is 8.61. The van der Waals surface area contributed by atoms with E-state index in [-0.39, 0.29) is 5.75 Å². The Labute approximate surface area is 103 Å². The van der Waals surface area contributed by atoms with Gasteiger partial charge in [0.25, 0.3) is 0 Å². The first-order valence-electron chi connectivity index (χ1n) is 5.04. The number of amides is 2. The molecule has 0 aliphatic heterocycles. The molecule has 0 aromatic heterocycles. The highest BCUT2D eigenvalue weighted by Gasteiger charge is 2.10. The lowest BCUT2D eigenvalue weighted by Crippen LogP contribution is -2.24. The Balaban J connectivity index is 2.92. The first-order chi connectivity index (χ1) is 8.40. The Kier molecular flexibility index (Phi) is 4.59. The number of rotatable bonds is 4. The third kappa shape index (κ3) is 4.00. The number of ether oxygens (including phenoxy) is 1. The van der Waals surface area contributed by atoms with Gasteiger partial charge in [-0.05, 0) is 42.7 Å². The lowest BCUT2D eigenvalue weighted by atomic mass is 10.1. The van der Waals surface area contributed by atoms with Gasteiger partial charge < -0.3 is 10.5 Å². The zero-order chi connectivity index (χ0) is 13.7. The van der Waals surface area contributed by atoms with E-state index in [9.17, 15) is 13.6 Å². The van der Waals surface area contributed by atoms with Gasteiger partial charge in [0.15, 0.2) is 0 Å². The first kappa shape index (κ1) is 13.9. The lowest BCUT2D eigenvalue weighted by molar-refractivity contribution is -0.0507. The Morgan fingerprint density at radius 3 is 2.44 bits per heavy atom. The zero-order valence-corrected chi connectivity index (χ0v) is 9.91. The standard InChI is InChI=1S/C11H13F2N3O2/c1-6-3-8(5-15-16-11(14)17)4-7(2)9(6)18-10(12)13/h3-5,10H,1-2H3,(H3,14,16,17)/b15-5-. The molecular weight excluding hydrogens is 244 g/mol. The molecule has 0 aliphatic rings. The van der Waals surface area contributed by atoms with E-state index >= 15 is 0 Å². The van der Waals surface area contributed by atoms with Gasteiger partial charge in [0, 0.05) is 0 Å². The van der Waals surface area contributed by atoms with Crippen molar-refractivity contribution in [1.29, 1.82) is 0 Å². The average molecular weight is 257 g/mol. The number of carbonyl (C=O) groups excluding carboxylic acids is 1. The molecular formula is C11H13F2N3O2. The summed E-state index contributed by atoms with van der Waals surface area (Å²) < 4.78 is 28.7. The van der Waals surface area contributed by atoms with Crippen LogP contribution in [0.4, 0.5) is 13.6 Å². The predicted octanol–water partition coefficient (Wildman–Crippen LogP) is 1.91. The summed E-state index contributed by atoms with van der Waals surface area (Å²) in [5.74, 6) is 0.144. The van der Waals surface area contributed by atoms with Crippen molar-refractivity contribution >= 4 is 12.2 Å². The zero-order valence-electron chi connectivity index (χ0n) is 9.91. The summed E-state index contributed by atoms with van der Waals surface area (Å²) in [6.07, 6.45) is 1.36. The van der Waals surface area contributed by atoms with Crippen molar-refractivity contribution in [2.75, 3.05) is 0 Å². The van der Waals surface area contributed by atoms with Crippen LogP contribution in [0.15, 0.2) is 17.2 Å². The minimum Gasteiger partial charge on any atom is -0.434 e. The van der Waals surface area contributed by atoms with Gasteiger partial charge in [-0.2, -0.15) is 13.9 Å². The van der Waals surface area contributed by atoms with Crippen LogP contribution in [-0.4, -0.2) is 18.9 Å². The van der Waals surface area contributed by atoms with Gasteiger partial charge in [-0.25, -0.2) is 10.2 Å². The van der Waals surface area contributed by atoms with Crippen molar-refractivity contribution < 1.29 is 18.3 Å². The minimum absolute atomic E-state index is 0.144. The second-order valence-electron chi connectivity index (χ2n) is 3.60. The molecule has 7 heteroatoms. The van der Waals surface area contributed by atoms with Gasteiger partial charge in [0.2, 0.25) is 0 Å². The van der Waals surface area contributed by atoms with Crippen LogP contribution in [0, 0.1) is 13.8 Å². The van der Waals surface area contributed by atoms with Crippen molar-refractivity contribution in [3.05, 3.63) is 28.8 Å². The molecule has 0 fully saturated rings. The second-order valence-corrected chi connectivity index (χ2v) is 3.60. The quantitative estimate of drug-likeness (QED) is 0.638. The smallest absolute Gasteiger partial charge is 0.387 e. The maximum absolute atomic E-state index is 12.2. The SMILES string of the molecule is Cc1cc(/C=N\NC(N)=O)cc(C)c1OC(F)F. The fourth-order valence-corrected chi connectivity index (χ4v) is 1.50. The number of nitrogens with zero attached hydrogens (tertiary/aromatic N) is 1. The number of halogens is 2. The number of hydrazone groups is 1. The Morgan fingerprint density at radius 1 is 1.44 bits per heavy atom. The number of benzene rings is 1. The summed E-state index contributed by atoms with van der Waals surface area (Å²) in [4.78, 5) is 10.4. The van der Waals surface area contributed by atoms with E-state index in [2.05, 4.69) is 9.84 Å². The summed E-state index contributed by atoms with van der Waals surface area (Å²) in [7, 11) is 0. The molecule has 5 nitrogen and oxygen atoms in total. The Bertz CT molecular complexity index is 452. The molecule has 0 aliphatic carbocycles. The molecule has 0 saturated heterocycles. The van der Waals surface area contributed by atoms with E-state index in [1.54, 1.807) is 26.0 Å². The monoisotopic (exact) mass is 257 g/mol. The van der Waals surface area contributed by atoms with Gasteiger partial charge in [-0.3, -0.25) is 0 Å². The van der Waals surface area contributed by atoms with Gasteiger partial charge in [0.1, 0.15) is 5.75 Å². The van der Waals surface area contributed by atoms with Crippen molar-refractivity contribution in [3.8, 4) is 5.75 Å². The number of nitrogens with one attached hydrogen (secondary N) is 1. The fraction of sp³-hybridized carbons (Fsp3) is 0.273. The topological polar surface area (TPSA) is 76.7 Å². The maximum Gasteiger partial charge on any atom is 0.387 e. The molecule has 98 valence electrons. The highest BCUT2D eigenvalue weighted by Crippen LogP contribution is 2.25. The van der Waals surface area contributed by atoms with Crippen LogP contribution in [-0.2, 0) is 0 Å². The van der Waals surface area contributed by atoms with E-state index in [1.807, 2.05) is 5.43 Å². The molecule has 0 atom stereocenters. The number of aryl methyl sites for hydroxylation is 2. The number of nitrogens with two attached hydrogens (primary N) is 1. The first-order valence-corrected chi connectivity index (χ1v) is 5.04. The van der Waals surface area contributed by atoms with Crippen LogP contribution < -0.4 is 15.9 Å². The largest absolute Gasteiger partial charge is 0.434 e. The van der Waals surface area contributed by atoms with Gasteiger partial charge in [-0.15, -0.1) is 0 Å². The third-order valence-corrected chi connectivity index (χ3v) is 2.08. The van der Waals surface area contributed by atoms with E-state index in [1.165, 1.54) is 6.21 Å². The van der Waals surface area contributed by atoms with Crippen LogP contribution in [0.2, 0.25) is 0 Å². The fourth-order valence-electron chi connectivity index (χ4n) is 1.50. The molecule has 0 saturated carbocycles. The van der Waals surface area contributed by atoms with Crippen LogP contribution in [0.3, 0.4) is 0 Å². The number of carbonyl (C=O) groups is 1. The predicted molar refractivity (Wildman–Crippen MR) is 62.9 cm³/mol. The molecule has 1 rings (SSSR count). The molecule has 1 aromatic rings. The van der Waals surface area contributed by atoms with Gasteiger partial charge in [-0.1, -0.05) is 0 Å². The molecule has 18 heavy (non-hydrogen) atoms. The van der Waals surface area contributed by atoms with E-state index in [0.29, 0.717) is 16.7 Å². The van der Waals surface area contributed by atoms with Crippen LogP contribution >= 0.6 is 0 Å². The molecule has 0 radical (unpaired) electrons. The molecule has 0 unspecified atom stereocenters. The number of hydrogen-bond donors (Lipinski definition) is 2. The normalized spacial score (nSPS) is 10.9. The number of primary amides is 1. The van der Waals surface area contributed by atoms with Gasteiger partial charge >= 0.3 is 12.6 Å². The molecule has 1 aromatic carbocycles. The summed E-state index contributed by atoms with van der Waals surface area (Å²) >= 11 is 0. The Hall–Kier alpha value is -2.18. The molecule has 2 amide bonds. The molecule has 0 heterocycles. The van der Waals surface area contributed by atoms with E-state index in [4.69, 9.17) is 5.73 Å². The van der Waals surface area contributed by atoms with Crippen molar-refractivity contribution in [1.82, 2.24) is 5.43 Å². The lowest BCUT2D eigenvalue weighted by Gasteiger charge is -2.11. The number of alkyl halides is 2. The van der Waals surface area contributed by atoms with Gasteiger partial charge in [0.05, 0.1) is 6.21 Å². The second kappa shape index (κ2) is 5.95. The van der Waals surface area contributed by atoms with Crippen LogP contribution in [0.1, 0.15) is 16.7 Å². The van der Waals surface area contributed by atoms with Crippen LogP contribution in [0.25, 0.3) is 0 Å². The van der Waals surface area contributed by atoms with E-state index in [0.717, 1.165) is 0 Å². The Morgan fingerprint density at radius 2 is 2.00 bits per heavy atom. The molecule has 0 spiro atoms. The number of hydrogen-bond acceptors (Lipinski definition) is 3. The highest BCUT2D eigenvalue weighted by molar-refractivity contribution is 5.82. The van der Waals surface area contributed by atoms with Crippen LogP contribution in [0.5, 0.6) is 5.75 Å². The van der Waals surface area contributed by atoms with Crippen molar-refractivity contribution in [2.45, 2.75) is 20.5 Å². The minimum atomic E-state index is -2.86.